The minimum Gasteiger partial charge on any atom is -0.454 e. The number of tetrazole rings is 1. The zero-order valence-electron chi connectivity index (χ0n) is 16.2. The smallest absolute Gasteiger partial charge is 0.342 e. The first-order chi connectivity index (χ1) is 14.1. The maximum absolute atomic E-state index is 12.7. The van der Waals surface area contributed by atoms with Crippen LogP contribution in [0.4, 0.5) is 0 Å². The third kappa shape index (κ3) is 3.91. The Morgan fingerprint density at radius 2 is 1.69 bits per heavy atom. The summed E-state index contributed by atoms with van der Waals surface area (Å²) >= 11 is 0. The molecule has 0 amide bonds. The minimum absolute atomic E-state index is 0.0198. The molecule has 0 atom stereocenters. The van der Waals surface area contributed by atoms with Gasteiger partial charge in [-0.3, -0.25) is 0 Å². The predicted molar refractivity (Wildman–Crippen MR) is 106 cm³/mol. The van der Waals surface area contributed by atoms with Crippen molar-refractivity contribution >= 4 is 5.97 Å². The van der Waals surface area contributed by atoms with Gasteiger partial charge in [0.1, 0.15) is 5.56 Å². The minimum atomic E-state index is -0.448. The van der Waals surface area contributed by atoms with Crippen molar-refractivity contribution in [1.29, 1.82) is 0 Å². The van der Waals surface area contributed by atoms with E-state index in [1.54, 1.807) is 16.3 Å². The monoisotopic (exact) mass is 388 g/mol. The average Bonchev–Trinajstić information content (AvgIpc) is 3.31. The highest BCUT2D eigenvalue weighted by molar-refractivity contribution is 5.92. The number of hydrogen-bond acceptors (Lipinski definition) is 6. The van der Waals surface area contributed by atoms with E-state index in [9.17, 15) is 4.79 Å². The third-order valence-electron chi connectivity index (χ3n) is 4.61. The number of esters is 1. The van der Waals surface area contributed by atoms with Crippen LogP contribution < -0.4 is 0 Å². The first-order valence-corrected chi connectivity index (χ1v) is 9.21. The summed E-state index contributed by atoms with van der Waals surface area (Å²) in [6.07, 6.45) is 0. The Bertz CT molecular complexity index is 1120. The van der Waals surface area contributed by atoms with Crippen molar-refractivity contribution in [2.45, 2.75) is 27.0 Å². The standard InChI is InChI=1S/C21H20N6O2/c1-15-20(16(2)27(23-15)18-11-7-4-8-12-18)21(28)29-14-19-22-24-25-26(19)13-17-9-5-3-6-10-17/h3-12H,13-14H2,1-2H3. The molecule has 2 aromatic carbocycles. The quantitative estimate of drug-likeness (QED) is 0.472. The first-order valence-electron chi connectivity index (χ1n) is 9.21. The predicted octanol–water partition coefficient (Wildman–Crippen LogP) is 2.88. The molecule has 8 heteroatoms. The molecule has 8 nitrogen and oxygen atoms in total. The summed E-state index contributed by atoms with van der Waals surface area (Å²) in [6.45, 7) is 4.13. The molecule has 0 unspecified atom stereocenters. The molecule has 0 fully saturated rings. The van der Waals surface area contributed by atoms with Crippen molar-refractivity contribution < 1.29 is 9.53 Å². The van der Waals surface area contributed by atoms with Crippen LogP contribution in [0.15, 0.2) is 60.7 Å². The Morgan fingerprint density at radius 3 is 2.41 bits per heavy atom. The molecule has 0 aliphatic carbocycles. The van der Waals surface area contributed by atoms with Gasteiger partial charge in [0.2, 0.25) is 0 Å². The Balaban J connectivity index is 1.49. The van der Waals surface area contributed by atoms with E-state index in [0.717, 1.165) is 16.9 Å². The first kappa shape index (κ1) is 18.5. The third-order valence-corrected chi connectivity index (χ3v) is 4.61. The number of benzene rings is 2. The Hall–Kier alpha value is -3.81. The van der Waals surface area contributed by atoms with Gasteiger partial charge in [0.25, 0.3) is 0 Å². The molecule has 0 saturated heterocycles. The number of nitrogens with zero attached hydrogens (tertiary/aromatic N) is 6. The van der Waals surface area contributed by atoms with Crippen LogP contribution in [0.3, 0.4) is 0 Å². The molecule has 4 aromatic rings. The number of carbonyl (C=O) groups excluding carboxylic acids is 1. The van der Waals surface area contributed by atoms with Crippen molar-refractivity contribution in [3.8, 4) is 5.69 Å². The van der Waals surface area contributed by atoms with Crippen LogP contribution in [0.5, 0.6) is 0 Å². The topological polar surface area (TPSA) is 87.7 Å². The van der Waals surface area contributed by atoms with Gasteiger partial charge in [-0.1, -0.05) is 48.5 Å². The fraction of sp³-hybridized carbons (Fsp3) is 0.190. The molecule has 0 aliphatic heterocycles. The summed E-state index contributed by atoms with van der Waals surface area (Å²) in [7, 11) is 0. The van der Waals surface area contributed by atoms with Crippen molar-refractivity contribution in [1.82, 2.24) is 30.0 Å². The number of para-hydroxylation sites is 1. The van der Waals surface area contributed by atoms with Crippen LogP contribution in [0.2, 0.25) is 0 Å². The lowest BCUT2D eigenvalue weighted by Gasteiger charge is -2.07. The van der Waals surface area contributed by atoms with Crippen LogP contribution in [-0.2, 0) is 17.9 Å². The summed E-state index contributed by atoms with van der Waals surface area (Å²) in [4.78, 5) is 12.7. The molecular weight excluding hydrogens is 368 g/mol. The molecule has 146 valence electrons. The second-order valence-electron chi connectivity index (χ2n) is 6.61. The Labute approximate surface area is 167 Å². The van der Waals surface area contributed by atoms with Crippen molar-refractivity contribution in [3.05, 3.63) is 89.0 Å². The van der Waals surface area contributed by atoms with E-state index < -0.39 is 5.97 Å². The molecule has 0 aliphatic rings. The van der Waals surface area contributed by atoms with E-state index in [2.05, 4.69) is 20.6 Å². The molecule has 0 radical (unpaired) electrons. The number of hydrogen-bond donors (Lipinski definition) is 0. The molecule has 0 bridgehead atoms. The molecule has 29 heavy (non-hydrogen) atoms. The maximum atomic E-state index is 12.7. The molecule has 0 N–H and O–H groups in total. The lowest BCUT2D eigenvalue weighted by atomic mass is 10.2. The number of aryl methyl sites for hydroxylation is 1. The van der Waals surface area contributed by atoms with Gasteiger partial charge < -0.3 is 4.74 Å². The second kappa shape index (κ2) is 8.05. The van der Waals surface area contributed by atoms with E-state index in [0.29, 0.717) is 23.6 Å². The highest BCUT2D eigenvalue weighted by Gasteiger charge is 2.21. The molecule has 0 spiro atoms. The van der Waals surface area contributed by atoms with Gasteiger partial charge in [0.15, 0.2) is 12.4 Å². The van der Waals surface area contributed by atoms with Gasteiger partial charge >= 0.3 is 5.97 Å². The molecule has 4 rings (SSSR count). The van der Waals surface area contributed by atoms with Crippen LogP contribution in [0.25, 0.3) is 5.69 Å². The highest BCUT2D eigenvalue weighted by Crippen LogP contribution is 2.19. The SMILES string of the molecule is Cc1nn(-c2ccccc2)c(C)c1C(=O)OCc1nnnn1Cc1ccccc1. The molecule has 2 aromatic heterocycles. The lowest BCUT2D eigenvalue weighted by molar-refractivity contribution is 0.0455. The normalized spacial score (nSPS) is 10.8. The molecule has 2 heterocycles. The van der Waals surface area contributed by atoms with E-state index in [1.165, 1.54) is 0 Å². The summed E-state index contributed by atoms with van der Waals surface area (Å²) in [5.41, 5.74) is 3.74. The fourth-order valence-corrected chi connectivity index (χ4v) is 3.17. The van der Waals surface area contributed by atoms with E-state index in [-0.39, 0.29) is 6.61 Å². The number of carbonyl (C=O) groups is 1. The van der Waals surface area contributed by atoms with Crippen LogP contribution in [0, 0.1) is 13.8 Å². The number of aromatic nitrogens is 6. The summed E-state index contributed by atoms with van der Waals surface area (Å²) < 4.78 is 8.87. The maximum Gasteiger partial charge on any atom is 0.342 e. The molecule has 0 saturated carbocycles. The van der Waals surface area contributed by atoms with Crippen molar-refractivity contribution in [2.75, 3.05) is 0 Å². The largest absolute Gasteiger partial charge is 0.454 e. The van der Waals surface area contributed by atoms with Gasteiger partial charge in [-0.15, -0.1) is 5.10 Å². The average molecular weight is 388 g/mol. The molecular formula is C21H20N6O2. The van der Waals surface area contributed by atoms with Crippen LogP contribution >= 0.6 is 0 Å². The summed E-state index contributed by atoms with van der Waals surface area (Å²) in [5, 5.41) is 16.2. The Morgan fingerprint density at radius 1 is 1.00 bits per heavy atom. The van der Waals surface area contributed by atoms with Crippen LogP contribution in [-0.4, -0.2) is 36.0 Å². The lowest BCUT2D eigenvalue weighted by Crippen LogP contribution is -2.13. The number of ether oxygens (including phenoxy) is 1. The Kier molecular flexibility index (Phi) is 5.15. The van der Waals surface area contributed by atoms with E-state index >= 15 is 0 Å². The van der Waals surface area contributed by atoms with Crippen molar-refractivity contribution in [2.24, 2.45) is 0 Å². The van der Waals surface area contributed by atoms with Gasteiger partial charge in [-0.25, -0.2) is 14.2 Å². The van der Waals surface area contributed by atoms with Gasteiger partial charge in [0.05, 0.1) is 23.6 Å². The van der Waals surface area contributed by atoms with Gasteiger partial charge in [-0.05, 0) is 42.0 Å². The zero-order valence-corrected chi connectivity index (χ0v) is 16.2. The van der Waals surface area contributed by atoms with Gasteiger partial charge in [-0.2, -0.15) is 5.10 Å². The van der Waals surface area contributed by atoms with Gasteiger partial charge in [0, 0.05) is 0 Å². The number of rotatable bonds is 6. The summed E-state index contributed by atoms with van der Waals surface area (Å²) in [6, 6.07) is 19.5. The van der Waals surface area contributed by atoms with E-state index in [4.69, 9.17) is 4.74 Å². The van der Waals surface area contributed by atoms with E-state index in [1.807, 2.05) is 67.6 Å². The fourth-order valence-electron chi connectivity index (χ4n) is 3.17. The van der Waals surface area contributed by atoms with Crippen molar-refractivity contribution in [3.63, 3.8) is 0 Å². The highest BCUT2D eigenvalue weighted by atomic mass is 16.5. The van der Waals surface area contributed by atoms with Crippen LogP contribution in [0.1, 0.15) is 33.1 Å². The summed E-state index contributed by atoms with van der Waals surface area (Å²) in [5.74, 6) is 0.0319. The second-order valence-corrected chi connectivity index (χ2v) is 6.61. The zero-order chi connectivity index (χ0) is 20.2.